The average molecular weight is 263 g/mol. The molecule has 0 amide bonds. The van der Waals surface area contributed by atoms with Crippen molar-refractivity contribution in [2.45, 2.75) is 40.3 Å². The van der Waals surface area contributed by atoms with E-state index < -0.39 is 0 Å². The zero-order valence-electron chi connectivity index (χ0n) is 12.6. The van der Waals surface area contributed by atoms with E-state index in [2.05, 4.69) is 45.2 Å². The Labute approximate surface area is 116 Å². The first kappa shape index (κ1) is 15.6. The van der Waals surface area contributed by atoms with Crippen LogP contribution >= 0.6 is 0 Å². The van der Waals surface area contributed by atoms with E-state index in [9.17, 15) is 0 Å². The molecule has 0 aliphatic carbocycles. The van der Waals surface area contributed by atoms with Gasteiger partial charge in [-0.15, -0.1) is 0 Å². The molecule has 0 atom stereocenters. The lowest BCUT2D eigenvalue weighted by molar-refractivity contribution is 0.321. The Morgan fingerprint density at radius 2 is 2.05 bits per heavy atom. The summed E-state index contributed by atoms with van der Waals surface area (Å²) in [5.74, 6) is 1.61. The smallest absolute Gasteiger partial charge is 0.166 e. The van der Waals surface area contributed by atoms with Gasteiger partial charge in [0, 0.05) is 18.2 Å². The van der Waals surface area contributed by atoms with Gasteiger partial charge in [0.1, 0.15) is 6.61 Å². The van der Waals surface area contributed by atoms with Crippen molar-refractivity contribution in [3.63, 3.8) is 0 Å². The molecule has 0 aliphatic rings. The lowest BCUT2D eigenvalue weighted by Crippen LogP contribution is -2.22. The summed E-state index contributed by atoms with van der Waals surface area (Å²) in [4.78, 5) is 0. The van der Waals surface area contributed by atoms with Gasteiger partial charge in [0.05, 0.1) is 7.11 Å². The Hall–Kier alpha value is -1.48. The summed E-state index contributed by atoms with van der Waals surface area (Å²) < 4.78 is 11.2. The Morgan fingerprint density at radius 3 is 2.63 bits per heavy atom. The van der Waals surface area contributed by atoms with Crippen molar-refractivity contribution in [3.05, 3.63) is 35.4 Å². The molecule has 0 spiro atoms. The Morgan fingerprint density at radius 1 is 1.32 bits per heavy atom. The third-order valence-electron chi connectivity index (χ3n) is 2.70. The van der Waals surface area contributed by atoms with E-state index in [1.54, 1.807) is 7.11 Å². The highest BCUT2D eigenvalue weighted by atomic mass is 16.5. The number of nitrogens with one attached hydrogen (secondary N) is 1. The van der Waals surface area contributed by atoms with Crippen molar-refractivity contribution < 1.29 is 9.47 Å². The summed E-state index contributed by atoms with van der Waals surface area (Å²) in [6, 6.07) is 6.42. The Kier molecular flexibility index (Phi) is 6.43. The van der Waals surface area contributed by atoms with Crippen LogP contribution in [0.5, 0.6) is 11.5 Å². The highest BCUT2D eigenvalue weighted by molar-refractivity contribution is 5.46. The van der Waals surface area contributed by atoms with Gasteiger partial charge in [-0.2, -0.15) is 0 Å². The quantitative estimate of drug-likeness (QED) is 0.763. The molecule has 3 heteroatoms. The molecule has 0 saturated carbocycles. The molecule has 3 nitrogen and oxygen atoms in total. The van der Waals surface area contributed by atoms with E-state index in [-0.39, 0.29) is 0 Å². The van der Waals surface area contributed by atoms with Gasteiger partial charge in [-0.3, -0.25) is 0 Å². The SMILES string of the molecule is COc1cccc(CNC(C)C)c1OCC=C(C)C. The minimum absolute atomic E-state index is 0.442. The summed E-state index contributed by atoms with van der Waals surface area (Å²) in [5.41, 5.74) is 2.37. The van der Waals surface area contributed by atoms with Gasteiger partial charge in [-0.1, -0.05) is 31.6 Å². The molecule has 0 bridgehead atoms. The van der Waals surface area contributed by atoms with Crippen LogP contribution in [0.1, 0.15) is 33.3 Å². The lowest BCUT2D eigenvalue weighted by Gasteiger charge is -2.16. The fraction of sp³-hybridized carbons (Fsp3) is 0.500. The number of benzene rings is 1. The minimum Gasteiger partial charge on any atom is -0.493 e. The van der Waals surface area contributed by atoms with Crippen molar-refractivity contribution in [1.29, 1.82) is 0 Å². The Balaban J connectivity index is 2.86. The molecule has 0 aliphatic heterocycles. The highest BCUT2D eigenvalue weighted by Gasteiger charge is 2.10. The fourth-order valence-electron chi connectivity index (χ4n) is 1.63. The normalized spacial score (nSPS) is 10.4. The van der Waals surface area contributed by atoms with Gasteiger partial charge < -0.3 is 14.8 Å². The van der Waals surface area contributed by atoms with Gasteiger partial charge in [-0.25, -0.2) is 0 Å². The second-order valence-electron chi connectivity index (χ2n) is 5.08. The lowest BCUT2D eigenvalue weighted by atomic mass is 10.1. The molecular weight excluding hydrogens is 238 g/mol. The second-order valence-corrected chi connectivity index (χ2v) is 5.08. The molecule has 0 aromatic heterocycles. The van der Waals surface area contributed by atoms with Crippen molar-refractivity contribution in [2.24, 2.45) is 0 Å². The topological polar surface area (TPSA) is 30.5 Å². The highest BCUT2D eigenvalue weighted by Crippen LogP contribution is 2.31. The van der Waals surface area contributed by atoms with E-state index in [4.69, 9.17) is 9.47 Å². The van der Waals surface area contributed by atoms with Crippen molar-refractivity contribution in [2.75, 3.05) is 13.7 Å². The molecule has 1 rings (SSSR count). The zero-order valence-corrected chi connectivity index (χ0v) is 12.6. The van der Waals surface area contributed by atoms with E-state index in [0.717, 1.165) is 23.6 Å². The number of ether oxygens (including phenoxy) is 2. The average Bonchev–Trinajstić information content (AvgIpc) is 2.36. The van der Waals surface area contributed by atoms with Crippen LogP contribution in [0.3, 0.4) is 0 Å². The van der Waals surface area contributed by atoms with Crippen LogP contribution in [0.4, 0.5) is 0 Å². The first-order valence-corrected chi connectivity index (χ1v) is 6.70. The first-order valence-electron chi connectivity index (χ1n) is 6.70. The predicted octanol–water partition coefficient (Wildman–Crippen LogP) is 3.54. The zero-order chi connectivity index (χ0) is 14.3. The maximum atomic E-state index is 5.86. The summed E-state index contributed by atoms with van der Waals surface area (Å²) in [6.07, 6.45) is 2.06. The molecule has 19 heavy (non-hydrogen) atoms. The van der Waals surface area contributed by atoms with E-state index in [0.29, 0.717) is 12.6 Å². The summed E-state index contributed by atoms with van der Waals surface area (Å²) >= 11 is 0. The monoisotopic (exact) mass is 263 g/mol. The molecule has 0 saturated heterocycles. The summed E-state index contributed by atoms with van der Waals surface area (Å²) in [5, 5.41) is 3.40. The number of hydrogen-bond acceptors (Lipinski definition) is 3. The molecule has 1 N–H and O–H groups in total. The third-order valence-corrected chi connectivity index (χ3v) is 2.70. The van der Waals surface area contributed by atoms with Crippen LogP contribution in [0.15, 0.2) is 29.8 Å². The molecular formula is C16H25NO2. The van der Waals surface area contributed by atoms with E-state index >= 15 is 0 Å². The van der Waals surface area contributed by atoms with Crippen LogP contribution in [-0.2, 0) is 6.54 Å². The van der Waals surface area contributed by atoms with E-state index in [1.807, 2.05) is 12.1 Å². The first-order chi connectivity index (χ1) is 9.04. The molecule has 1 aromatic rings. The molecule has 0 fully saturated rings. The minimum atomic E-state index is 0.442. The number of methoxy groups -OCH3 is 1. The van der Waals surface area contributed by atoms with Crippen LogP contribution in [-0.4, -0.2) is 19.8 Å². The second kappa shape index (κ2) is 7.85. The van der Waals surface area contributed by atoms with E-state index in [1.165, 1.54) is 5.57 Å². The number of rotatable bonds is 7. The summed E-state index contributed by atoms with van der Waals surface area (Å²) in [7, 11) is 1.67. The van der Waals surface area contributed by atoms with Gasteiger partial charge in [0.15, 0.2) is 11.5 Å². The van der Waals surface area contributed by atoms with Crippen molar-refractivity contribution >= 4 is 0 Å². The summed E-state index contributed by atoms with van der Waals surface area (Å²) in [6.45, 7) is 9.73. The van der Waals surface area contributed by atoms with Crippen LogP contribution < -0.4 is 14.8 Å². The molecule has 0 unspecified atom stereocenters. The maximum absolute atomic E-state index is 5.86. The Bertz CT molecular complexity index is 421. The van der Waals surface area contributed by atoms with Crippen LogP contribution in [0, 0.1) is 0 Å². The number of hydrogen-bond donors (Lipinski definition) is 1. The van der Waals surface area contributed by atoms with Crippen LogP contribution in [0.25, 0.3) is 0 Å². The van der Waals surface area contributed by atoms with Gasteiger partial charge >= 0.3 is 0 Å². The fourth-order valence-corrected chi connectivity index (χ4v) is 1.63. The largest absolute Gasteiger partial charge is 0.493 e. The van der Waals surface area contributed by atoms with Crippen LogP contribution in [0.2, 0.25) is 0 Å². The van der Waals surface area contributed by atoms with Gasteiger partial charge in [-0.05, 0) is 26.0 Å². The maximum Gasteiger partial charge on any atom is 0.166 e. The number of para-hydroxylation sites is 1. The van der Waals surface area contributed by atoms with Crippen molar-refractivity contribution in [1.82, 2.24) is 5.32 Å². The number of allylic oxidation sites excluding steroid dienone is 1. The molecule has 1 aromatic carbocycles. The van der Waals surface area contributed by atoms with Crippen molar-refractivity contribution in [3.8, 4) is 11.5 Å². The molecule has 0 radical (unpaired) electrons. The third kappa shape index (κ3) is 5.35. The predicted molar refractivity (Wildman–Crippen MR) is 79.9 cm³/mol. The van der Waals surface area contributed by atoms with Gasteiger partial charge in [0.2, 0.25) is 0 Å². The van der Waals surface area contributed by atoms with Gasteiger partial charge in [0.25, 0.3) is 0 Å². The molecule has 0 heterocycles. The standard InChI is InChI=1S/C16H25NO2/c1-12(2)9-10-19-16-14(11-17-13(3)4)7-6-8-15(16)18-5/h6-9,13,17H,10-11H2,1-5H3. The molecule has 106 valence electrons.